The highest BCUT2D eigenvalue weighted by atomic mass is 16.5. The lowest BCUT2D eigenvalue weighted by Crippen LogP contribution is -2.44. The lowest BCUT2D eigenvalue weighted by atomic mass is 9.73. The van der Waals surface area contributed by atoms with Gasteiger partial charge in [0.25, 0.3) is 0 Å². The molecule has 0 bridgehead atoms. The Morgan fingerprint density at radius 1 is 1.07 bits per heavy atom. The van der Waals surface area contributed by atoms with Crippen LogP contribution in [0.2, 0.25) is 0 Å². The molecule has 2 saturated carbocycles. The fourth-order valence-corrected chi connectivity index (χ4v) is 8.22. The van der Waals surface area contributed by atoms with Gasteiger partial charge >= 0.3 is 0 Å². The maximum absolute atomic E-state index is 13.1. The van der Waals surface area contributed by atoms with Crippen molar-refractivity contribution in [3.63, 3.8) is 0 Å². The number of morpholine rings is 1. The molecule has 40 heavy (non-hydrogen) atoms. The molecule has 2 saturated heterocycles. The second-order valence-corrected chi connectivity index (χ2v) is 12.9. The molecular weight excluding hydrogens is 500 g/mol. The lowest BCUT2D eigenvalue weighted by molar-refractivity contribution is -0.118. The smallest absolute Gasteiger partial charge is 0.235 e. The molecule has 5 aliphatic rings. The van der Waals surface area contributed by atoms with Crippen molar-refractivity contribution < 1.29 is 14.3 Å². The molecule has 0 radical (unpaired) electrons. The van der Waals surface area contributed by atoms with Gasteiger partial charge < -0.3 is 14.8 Å². The zero-order chi connectivity index (χ0) is 27.4. The number of carbonyl (C=O) groups is 1. The van der Waals surface area contributed by atoms with Crippen LogP contribution in [0.3, 0.4) is 0 Å². The maximum Gasteiger partial charge on any atom is 0.235 e. The SMILES string of the molecule is COc1ccc2c(c1)[C@]1(C[C@H]1C1CCC3C(/C=C/c4ccc(CN5C[C@@H](C)O[C@@H](C)C5)cc4)NNC3C1)C(=O)N2. The van der Waals surface area contributed by atoms with Gasteiger partial charge in [0.15, 0.2) is 0 Å². The third-order valence-corrected chi connectivity index (χ3v) is 10.2. The van der Waals surface area contributed by atoms with Crippen LogP contribution in [0.4, 0.5) is 5.69 Å². The normalized spacial score (nSPS) is 37.0. The number of carbonyl (C=O) groups excluding carboxylic acids is 1. The van der Waals surface area contributed by atoms with Crippen LogP contribution in [0, 0.1) is 17.8 Å². The third-order valence-electron chi connectivity index (χ3n) is 10.2. The Hall–Kier alpha value is -2.71. The predicted molar refractivity (Wildman–Crippen MR) is 157 cm³/mol. The highest BCUT2D eigenvalue weighted by Gasteiger charge is 2.67. The molecule has 212 valence electrons. The van der Waals surface area contributed by atoms with Crippen LogP contribution in [0.5, 0.6) is 5.75 Å². The summed E-state index contributed by atoms with van der Waals surface area (Å²) >= 11 is 0. The molecule has 7 rings (SSSR count). The van der Waals surface area contributed by atoms with Crippen LogP contribution in [0.15, 0.2) is 48.5 Å². The van der Waals surface area contributed by atoms with Gasteiger partial charge in [-0.3, -0.25) is 20.5 Å². The minimum atomic E-state index is -0.350. The number of hydrogen-bond acceptors (Lipinski definition) is 6. The number of hydrogen-bond donors (Lipinski definition) is 3. The lowest BCUT2D eigenvalue weighted by Gasteiger charge is -2.35. The van der Waals surface area contributed by atoms with Crippen molar-refractivity contribution in [3.05, 3.63) is 65.2 Å². The first-order valence-electron chi connectivity index (χ1n) is 15.1. The first kappa shape index (κ1) is 26.2. The van der Waals surface area contributed by atoms with Crippen LogP contribution < -0.4 is 20.9 Å². The Morgan fingerprint density at radius 3 is 2.65 bits per heavy atom. The highest BCUT2D eigenvalue weighted by molar-refractivity contribution is 6.09. The van der Waals surface area contributed by atoms with Crippen LogP contribution in [-0.4, -0.2) is 55.3 Å². The quantitative estimate of drug-likeness (QED) is 0.500. The molecule has 3 heterocycles. The molecule has 1 spiro atoms. The van der Waals surface area contributed by atoms with E-state index in [0.717, 1.165) is 49.5 Å². The topological polar surface area (TPSA) is 74.9 Å². The Labute approximate surface area is 237 Å². The molecule has 0 aromatic heterocycles. The van der Waals surface area contributed by atoms with Crippen molar-refractivity contribution in [1.29, 1.82) is 0 Å². The minimum Gasteiger partial charge on any atom is -0.497 e. The Kier molecular flexibility index (Phi) is 6.74. The monoisotopic (exact) mass is 542 g/mol. The fraction of sp³-hybridized carbons (Fsp3) is 0.545. The Morgan fingerprint density at radius 2 is 1.88 bits per heavy atom. The van der Waals surface area contributed by atoms with E-state index in [4.69, 9.17) is 9.47 Å². The largest absolute Gasteiger partial charge is 0.497 e. The predicted octanol–water partition coefficient (Wildman–Crippen LogP) is 4.49. The summed E-state index contributed by atoms with van der Waals surface area (Å²) in [6.07, 6.45) is 9.63. The van der Waals surface area contributed by atoms with Crippen molar-refractivity contribution >= 4 is 17.7 Å². The summed E-state index contributed by atoms with van der Waals surface area (Å²) in [6, 6.07) is 15.8. The van der Waals surface area contributed by atoms with E-state index in [1.807, 2.05) is 12.1 Å². The van der Waals surface area contributed by atoms with E-state index in [-0.39, 0.29) is 11.3 Å². The molecule has 7 heteroatoms. The molecule has 1 amide bonds. The zero-order valence-corrected chi connectivity index (χ0v) is 23.9. The summed E-state index contributed by atoms with van der Waals surface area (Å²) in [5.74, 6) is 2.57. The number of rotatable bonds is 6. The summed E-state index contributed by atoms with van der Waals surface area (Å²) in [5, 5.41) is 3.14. The number of anilines is 1. The first-order valence-corrected chi connectivity index (χ1v) is 15.1. The van der Waals surface area contributed by atoms with Crippen LogP contribution in [-0.2, 0) is 21.5 Å². The standard InChI is InChI=1S/C33H42N4O3/c1-20-17-37(18-21(2)40-20)19-23-6-4-22(5-7-23)8-12-29-26-11-9-24(14-31(26)36-35-29)28-16-33(28)27-15-25(39-3)10-13-30(27)34-32(33)38/h4-8,10,12-13,15,20-21,24,26,28-29,31,35-36H,9,11,14,16-19H2,1-3H3,(H,34,38)/b12-8+/t20-,21+,24?,26?,28-,29?,31?,33-/m0/s1. The summed E-state index contributed by atoms with van der Waals surface area (Å²) in [4.78, 5) is 15.6. The Bertz CT molecular complexity index is 1290. The van der Waals surface area contributed by atoms with Gasteiger partial charge in [-0.2, -0.15) is 0 Å². The summed E-state index contributed by atoms with van der Waals surface area (Å²) in [6.45, 7) is 7.28. The minimum absolute atomic E-state index is 0.182. The molecule has 4 fully saturated rings. The summed E-state index contributed by atoms with van der Waals surface area (Å²) < 4.78 is 11.4. The molecule has 2 aliphatic carbocycles. The molecule has 2 aromatic rings. The average Bonchev–Trinajstić information content (AvgIpc) is 3.48. The first-order chi connectivity index (χ1) is 19.4. The average molecular weight is 543 g/mol. The second-order valence-electron chi connectivity index (χ2n) is 12.9. The van der Waals surface area contributed by atoms with E-state index >= 15 is 0 Å². The number of methoxy groups -OCH3 is 1. The van der Waals surface area contributed by atoms with Gasteiger partial charge in [0.05, 0.1) is 24.7 Å². The number of nitrogens with zero attached hydrogens (tertiary/aromatic N) is 1. The Balaban J connectivity index is 0.953. The van der Waals surface area contributed by atoms with Crippen molar-refractivity contribution in [1.82, 2.24) is 15.8 Å². The second kappa shape index (κ2) is 10.3. The van der Waals surface area contributed by atoms with Gasteiger partial charge in [0.1, 0.15) is 5.75 Å². The van der Waals surface area contributed by atoms with E-state index in [2.05, 4.69) is 77.4 Å². The molecular formula is C33H42N4O3. The summed E-state index contributed by atoms with van der Waals surface area (Å²) in [7, 11) is 1.69. The van der Waals surface area contributed by atoms with E-state index < -0.39 is 0 Å². The fourth-order valence-electron chi connectivity index (χ4n) is 8.22. The number of nitrogens with one attached hydrogen (secondary N) is 3. The van der Waals surface area contributed by atoms with Gasteiger partial charge in [-0.15, -0.1) is 0 Å². The van der Waals surface area contributed by atoms with Crippen LogP contribution in [0.25, 0.3) is 6.08 Å². The third kappa shape index (κ3) is 4.67. The van der Waals surface area contributed by atoms with Gasteiger partial charge in [-0.25, -0.2) is 0 Å². The maximum atomic E-state index is 13.1. The molecule has 3 N–H and O–H groups in total. The molecule has 2 aromatic carbocycles. The van der Waals surface area contributed by atoms with Crippen LogP contribution >= 0.6 is 0 Å². The van der Waals surface area contributed by atoms with E-state index in [1.165, 1.54) is 24.0 Å². The van der Waals surface area contributed by atoms with Crippen molar-refractivity contribution in [2.75, 3.05) is 25.5 Å². The molecule has 4 unspecified atom stereocenters. The van der Waals surface area contributed by atoms with Gasteiger partial charge in [-0.05, 0) is 92.2 Å². The molecule has 7 nitrogen and oxygen atoms in total. The zero-order valence-electron chi connectivity index (χ0n) is 23.9. The van der Waals surface area contributed by atoms with Crippen molar-refractivity contribution in [2.45, 2.75) is 75.8 Å². The number of amides is 1. The van der Waals surface area contributed by atoms with Gasteiger partial charge in [0, 0.05) is 37.4 Å². The van der Waals surface area contributed by atoms with Crippen molar-refractivity contribution in [2.24, 2.45) is 17.8 Å². The number of ether oxygens (including phenoxy) is 2. The van der Waals surface area contributed by atoms with E-state index in [1.54, 1.807) is 7.11 Å². The number of benzene rings is 2. The number of fused-ring (bicyclic) bond motifs is 3. The summed E-state index contributed by atoms with van der Waals surface area (Å²) in [5.41, 5.74) is 11.5. The molecule has 3 aliphatic heterocycles. The number of hydrazine groups is 1. The van der Waals surface area contributed by atoms with Gasteiger partial charge in [-0.1, -0.05) is 36.4 Å². The van der Waals surface area contributed by atoms with Crippen molar-refractivity contribution in [3.8, 4) is 5.75 Å². The molecule has 8 atom stereocenters. The van der Waals surface area contributed by atoms with E-state index in [9.17, 15) is 4.79 Å². The van der Waals surface area contributed by atoms with E-state index in [0.29, 0.717) is 42.0 Å². The van der Waals surface area contributed by atoms with Gasteiger partial charge in [0.2, 0.25) is 5.91 Å². The highest BCUT2D eigenvalue weighted by Crippen LogP contribution is 2.65. The van der Waals surface area contributed by atoms with Crippen LogP contribution in [0.1, 0.15) is 56.2 Å².